The van der Waals surface area contributed by atoms with E-state index in [0.29, 0.717) is 35.0 Å². The first kappa shape index (κ1) is 30.4. The van der Waals surface area contributed by atoms with E-state index in [0.717, 1.165) is 21.5 Å². The molecule has 2 aromatic heterocycles. The van der Waals surface area contributed by atoms with Gasteiger partial charge in [-0.1, -0.05) is 15.9 Å². The molecule has 5 aromatic rings. The van der Waals surface area contributed by atoms with Gasteiger partial charge in [0.15, 0.2) is 17.3 Å². The number of esters is 1. The molecule has 10 heteroatoms. The van der Waals surface area contributed by atoms with Gasteiger partial charge in [0.05, 0.1) is 18.4 Å². The van der Waals surface area contributed by atoms with Crippen molar-refractivity contribution in [3.8, 4) is 22.9 Å². The van der Waals surface area contributed by atoms with E-state index in [2.05, 4.69) is 57.0 Å². The van der Waals surface area contributed by atoms with Crippen LogP contribution in [0.15, 0.2) is 105 Å². The van der Waals surface area contributed by atoms with Crippen LogP contribution in [0.2, 0.25) is 0 Å². The van der Waals surface area contributed by atoms with E-state index in [9.17, 15) is 9.59 Å². The Labute approximate surface area is 263 Å². The Morgan fingerprint density at radius 2 is 1.61 bits per heavy atom. The lowest BCUT2D eigenvalue weighted by atomic mass is 10.2. The van der Waals surface area contributed by atoms with E-state index in [4.69, 9.17) is 18.6 Å². The molecule has 0 aliphatic heterocycles. The molecular weight excluding hydrogens is 626 g/mol. The third-order valence-corrected chi connectivity index (χ3v) is 7.09. The predicted molar refractivity (Wildman–Crippen MR) is 170 cm³/mol. The number of furan rings is 1. The van der Waals surface area contributed by atoms with Gasteiger partial charge in [-0.25, -0.2) is 10.2 Å². The minimum Gasteiger partial charge on any atom is -0.490 e. The molecule has 0 radical (unpaired) electrons. The number of aryl methyl sites for hydroxylation is 2. The molecule has 0 spiro atoms. The Morgan fingerprint density at radius 1 is 0.886 bits per heavy atom. The number of aromatic nitrogens is 1. The summed E-state index contributed by atoms with van der Waals surface area (Å²) >= 11 is 3.35. The van der Waals surface area contributed by atoms with Crippen molar-refractivity contribution in [2.45, 2.75) is 27.4 Å². The Morgan fingerprint density at radius 3 is 2.32 bits per heavy atom. The van der Waals surface area contributed by atoms with Gasteiger partial charge in [-0.05, 0) is 117 Å². The molecule has 44 heavy (non-hydrogen) atoms. The maximum absolute atomic E-state index is 12.6. The Balaban J connectivity index is 1.15. The van der Waals surface area contributed by atoms with Gasteiger partial charge in [-0.15, -0.1) is 0 Å². The van der Waals surface area contributed by atoms with E-state index >= 15 is 0 Å². The van der Waals surface area contributed by atoms with Crippen LogP contribution in [0.4, 0.5) is 0 Å². The topological polar surface area (TPSA) is 104 Å². The Hall–Kier alpha value is -5.09. The number of nitrogens with zero attached hydrogens (tertiary/aromatic N) is 2. The summed E-state index contributed by atoms with van der Waals surface area (Å²) in [5.74, 6) is 0.894. The van der Waals surface area contributed by atoms with Gasteiger partial charge in [-0.2, -0.15) is 5.10 Å². The molecule has 0 bridgehead atoms. The van der Waals surface area contributed by atoms with Gasteiger partial charge < -0.3 is 23.2 Å². The molecule has 0 aliphatic rings. The first-order valence-corrected chi connectivity index (χ1v) is 14.6. The van der Waals surface area contributed by atoms with Gasteiger partial charge in [-0.3, -0.25) is 4.79 Å². The second kappa shape index (κ2) is 13.9. The van der Waals surface area contributed by atoms with E-state index in [-0.39, 0.29) is 18.1 Å². The van der Waals surface area contributed by atoms with Crippen LogP contribution in [0.1, 0.15) is 50.5 Å². The summed E-state index contributed by atoms with van der Waals surface area (Å²) in [7, 11) is 0. The molecule has 9 nitrogen and oxygen atoms in total. The molecule has 3 aromatic carbocycles. The van der Waals surface area contributed by atoms with Gasteiger partial charge in [0.1, 0.15) is 18.1 Å². The average molecular weight is 657 g/mol. The summed E-state index contributed by atoms with van der Waals surface area (Å²) in [6.45, 7) is 6.48. The quantitative estimate of drug-likeness (QED) is 0.0688. The molecule has 0 unspecified atom stereocenters. The van der Waals surface area contributed by atoms with Crippen molar-refractivity contribution in [1.82, 2.24) is 9.99 Å². The highest BCUT2D eigenvalue weighted by Gasteiger charge is 2.14. The van der Waals surface area contributed by atoms with Crippen molar-refractivity contribution in [3.05, 3.63) is 130 Å². The second-order valence-corrected chi connectivity index (χ2v) is 10.7. The van der Waals surface area contributed by atoms with Crippen molar-refractivity contribution < 1.29 is 28.2 Å². The molecule has 1 amide bonds. The minimum absolute atomic E-state index is 0.0971. The molecule has 0 atom stereocenters. The maximum atomic E-state index is 12.6. The van der Waals surface area contributed by atoms with Gasteiger partial charge in [0.25, 0.3) is 0 Å². The van der Waals surface area contributed by atoms with Crippen molar-refractivity contribution >= 4 is 34.0 Å². The zero-order valence-electron chi connectivity index (χ0n) is 24.4. The Bertz CT molecular complexity index is 1770. The molecule has 0 saturated carbocycles. The van der Waals surface area contributed by atoms with Crippen LogP contribution >= 0.6 is 15.9 Å². The molecule has 5 rings (SSSR count). The zero-order valence-corrected chi connectivity index (χ0v) is 26.0. The highest BCUT2D eigenvalue weighted by molar-refractivity contribution is 9.10. The summed E-state index contributed by atoms with van der Waals surface area (Å²) in [5.41, 5.74) is 6.85. The number of ether oxygens (including phenoxy) is 3. The first-order valence-electron chi connectivity index (χ1n) is 13.9. The number of rotatable bonds is 11. The fourth-order valence-electron chi connectivity index (χ4n) is 4.42. The van der Waals surface area contributed by atoms with Gasteiger partial charge in [0, 0.05) is 21.5 Å². The van der Waals surface area contributed by atoms with Crippen molar-refractivity contribution in [2.24, 2.45) is 5.10 Å². The third-order valence-electron chi connectivity index (χ3n) is 6.56. The van der Waals surface area contributed by atoms with E-state index in [1.807, 2.05) is 31.2 Å². The number of carbonyl (C=O) groups excluding carboxylic acids is 2. The van der Waals surface area contributed by atoms with Crippen LogP contribution in [-0.2, 0) is 6.61 Å². The number of nitrogens with one attached hydrogen (secondary N) is 1. The number of hydrogen-bond donors (Lipinski definition) is 1. The average Bonchev–Trinajstić information content (AvgIpc) is 3.64. The SMILES string of the molecule is CCOc1cc(/C=N/NC(=O)c2ccc(COc3ccc(-n4c(C)ccc4C)cc3)o2)ccc1OC(=O)c1ccc(Br)cc1. The summed E-state index contributed by atoms with van der Waals surface area (Å²) in [6, 6.07) is 27.0. The summed E-state index contributed by atoms with van der Waals surface area (Å²) in [6.07, 6.45) is 1.45. The fraction of sp³-hybridized carbons (Fsp3) is 0.147. The van der Waals surface area contributed by atoms with Crippen LogP contribution in [0.25, 0.3) is 5.69 Å². The summed E-state index contributed by atoms with van der Waals surface area (Å²) < 4.78 is 25.7. The van der Waals surface area contributed by atoms with Crippen LogP contribution in [-0.4, -0.2) is 29.3 Å². The van der Waals surface area contributed by atoms with E-state index in [1.54, 1.807) is 54.6 Å². The lowest BCUT2D eigenvalue weighted by Crippen LogP contribution is -2.16. The summed E-state index contributed by atoms with van der Waals surface area (Å²) in [4.78, 5) is 25.1. The standard InChI is InChI=1S/C34H30BrN3O6/c1-4-41-32-19-24(7-17-30(32)44-34(40)25-8-10-26(35)11-9-25)20-36-37-33(39)31-18-16-29(43-31)21-42-28-14-12-27(13-15-28)38-22(2)5-6-23(38)3/h5-20H,4,21H2,1-3H3,(H,37,39)/b36-20+. The number of benzene rings is 3. The molecule has 224 valence electrons. The fourth-order valence-corrected chi connectivity index (χ4v) is 4.69. The molecule has 0 fully saturated rings. The predicted octanol–water partition coefficient (Wildman–Crippen LogP) is 7.41. The van der Waals surface area contributed by atoms with Crippen LogP contribution in [0, 0.1) is 13.8 Å². The molecule has 2 heterocycles. The molecule has 0 saturated heterocycles. The lowest BCUT2D eigenvalue weighted by molar-refractivity contribution is 0.0728. The van der Waals surface area contributed by atoms with Crippen LogP contribution < -0.4 is 19.6 Å². The molecule has 0 aliphatic carbocycles. The number of hydrazone groups is 1. The summed E-state index contributed by atoms with van der Waals surface area (Å²) in [5, 5.41) is 4.02. The highest BCUT2D eigenvalue weighted by Crippen LogP contribution is 2.29. The van der Waals surface area contributed by atoms with Gasteiger partial charge in [0.2, 0.25) is 0 Å². The lowest BCUT2D eigenvalue weighted by Gasteiger charge is -2.11. The smallest absolute Gasteiger partial charge is 0.343 e. The highest BCUT2D eigenvalue weighted by atomic mass is 79.9. The second-order valence-electron chi connectivity index (χ2n) is 9.73. The van der Waals surface area contributed by atoms with Crippen LogP contribution in [0.5, 0.6) is 17.2 Å². The van der Waals surface area contributed by atoms with Crippen molar-refractivity contribution in [1.29, 1.82) is 0 Å². The normalized spacial score (nSPS) is 11.0. The third kappa shape index (κ3) is 7.45. The van der Waals surface area contributed by atoms with Gasteiger partial charge >= 0.3 is 11.9 Å². The molecule has 1 N–H and O–H groups in total. The Kier molecular flexibility index (Phi) is 9.61. The molecular formula is C34H30BrN3O6. The maximum Gasteiger partial charge on any atom is 0.343 e. The monoisotopic (exact) mass is 655 g/mol. The van der Waals surface area contributed by atoms with Crippen LogP contribution in [0.3, 0.4) is 0 Å². The van der Waals surface area contributed by atoms with Crippen molar-refractivity contribution in [3.63, 3.8) is 0 Å². The minimum atomic E-state index is -0.514. The number of halogens is 1. The van der Waals surface area contributed by atoms with E-state index < -0.39 is 11.9 Å². The number of carbonyl (C=O) groups is 2. The van der Waals surface area contributed by atoms with E-state index in [1.165, 1.54) is 6.21 Å². The first-order chi connectivity index (χ1) is 21.3. The number of hydrogen-bond acceptors (Lipinski definition) is 7. The largest absolute Gasteiger partial charge is 0.490 e. The number of amides is 1. The zero-order chi connectivity index (χ0) is 31.1. The van der Waals surface area contributed by atoms with Crippen molar-refractivity contribution in [2.75, 3.05) is 6.61 Å².